The van der Waals surface area contributed by atoms with Crippen LogP contribution in [0.15, 0.2) is 47.3 Å². The van der Waals surface area contributed by atoms with Crippen LogP contribution in [-0.2, 0) is 24.2 Å². The predicted molar refractivity (Wildman–Crippen MR) is 107 cm³/mol. The third kappa shape index (κ3) is 9.38. The number of amides is 2. The van der Waals surface area contributed by atoms with E-state index >= 15 is 0 Å². The van der Waals surface area contributed by atoms with Crippen LogP contribution in [0.25, 0.3) is 0 Å². The summed E-state index contributed by atoms with van der Waals surface area (Å²) in [5.41, 5.74) is 0.461. The molecule has 8 nitrogen and oxygen atoms in total. The summed E-state index contributed by atoms with van der Waals surface area (Å²) in [6.07, 6.45) is 4.45. The van der Waals surface area contributed by atoms with E-state index in [2.05, 4.69) is 23.8 Å². The molecule has 1 saturated heterocycles. The quantitative estimate of drug-likeness (QED) is 0.312. The van der Waals surface area contributed by atoms with Gasteiger partial charge in [-0.05, 0) is 19.1 Å². The Bertz CT molecular complexity index is 651. The van der Waals surface area contributed by atoms with E-state index < -0.39 is 6.10 Å². The lowest BCUT2D eigenvalue weighted by Crippen LogP contribution is -2.46. The van der Waals surface area contributed by atoms with Gasteiger partial charge in [0.05, 0.1) is 16.3 Å². The Balaban J connectivity index is 2.19. The van der Waals surface area contributed by atoms with Crippen molar-refractivity contribution in [2.75, 3.05) is 20.2 Å². The fourth-order valence-electron chi connectivity index (χ4n) is 1.96. The third-order valence-corrected chi connectivity index (χ3v) is 4.34. The van der Waals surface area contributed by atoms with Crippen LogP contribution in [0.4, 0.5) is 0 Å². The minimum Gasteiger partial charge on any atom is -0.491 e. The van der Waals surface area contributed by atoms with Gasteiger partial charge in [0.1, 0.15) is 0 Å². The number of carbonyl (C=O) groups excluding carboxylic acids is 2. The minimum atomic E-state index is -0.712. The zero-order chi connectivity index (χ0) is 21.1. The third-order valence-electron chi connectivity index (χ3n) is 3.68. The molecule has 2 unspecified atom stereocenters. The predicted octanol–water partition coefficient (Wildman–Crippen LogP) is 2.48. The molecule has 10 heteroatoms. The number of nitrogens with one attached hydrogen (secondary N) is 2. The smallest absolute Gasteiger partial charge is 0.257 e. The molecule has 1 rings (SSSR count). The summed E-state index contributed by atoms with van der Waals surface area (Å²) in [6, 6.07) is 0.0476. The number of hydrogen-bond donors (Lipinski definition) is 2. The maximum Gasteiger partial charge on any atom is 0.257 e. The van der Waals surface area contributed by atoms with Crippen molar-refractivity contribution in [3.05, 3.63) is 47.3 Å². The lowest BCUT2D eigenvalue weighted by atomic mass is 10.1. The van der Waals surface area contributed by atoms with E-state index in [1.54, 1.807) is 7.05 Å². The number of rotatable bonds is 10. The molecule has 28 heavy (non-hydrogen) atoms. The van der Waals surface area contributed by atoms with E-state index in [0.717, 1.165) is 0 Å². The highest BCUT2D eigenvalue weighted by molar-refractivity contribution is 6.43. The lowest BCUT2D eigenvalue weighted by Gasteiger charge is -2.31. The maximum absolute atomic E-state index is 12.1. The highest BCUT2D eigenvalue weighted by atomic mass is 35.5. The zero-order valence-corrected chi connectivity index (χ0v) is 17.4. The van der Waals surface area contributed by atoms with Crippen molar-refractivity contribution in [1.29, 1.82) is 0 Å². The van der Waals surface area contributed by atoms with Crippen molar-refractivity contribution in [3.8, 4) is 0 Å². The first kappa shape index (κ1) is 24.2. The van der Waals surface area contributed by atoms with Gasteiger partial charge in [-0.1, -0.05) is 36.4 Å². The Hall–Kier alpha value is -1.84. The Morgan fingerprint density at radius 2 is 2.07 bits per heavy atom. The summed E-state index contributed by atoms with van der Waals surface area (Å²) in [4.78, 5) is 33.7. The molecule has 0 bridgehead atoms. The fourth-order valence-corrected chi connectivity index (χ4v) is 2.09. The van der Waals surface area contributed by atoms with Gasteiger partial charge in [0.2, 0.25) is 0 Å². The lowest BCUT2D eigenvalue weighted by molar-refractivity contribution is -0.464. The molecule has 2 atom stereocenters. The van der Waals surface area contributed by atoms with Gasteiger partial charge < -0.3 is 15.4 Å². The molecule has 1 fully saturated rings. The summed E-state index contributed by atoms with van der Waals surface area (Å²) in [6.45, 7) is 9.28. The van der Waals surface area contributed by atoms with Crippen LogP contribution in [0.2, 0.25) is 0 Å². The second-order valence-corrected chi connectivity index (χ2v) is 6.91. The zero-order valence-electron chi connectivity index (χ0n) is 15.9. The molecule has 0 spiro atoms. The summed E-state index contributed by atoms with van der Waals surface area (Å²) in [5, 5.41) is 7.32. The number of ether oxygens (including phenoxy) is 1. The molecule has 0 saturated carbocycles. The van der Waals surface area contributed by atoms with Gasteiger partial charge in [-0.2, -0.15) is 5.06 Å². The van der Waals surface area contributed by atoms with E-state index in [0.29, 0.717) is 25.1 Å². The molecule has 1 aliphatic heterocycles. The minimum absolute atomic E-state index is 0.0476. The second-order valence-electron chi connectivity index (χ2n) is 6.04. The Morgan fingerprint density at radius 3 is 2.71 bits per heavy atom. The number of allylic oxidation sites excluding steroid dienone is 4. The maximum atomic E-state index is 12.1. The van der Waals surface area contributed by atoms with Crippen LogP contribution in [0.3, 0.4) is 0 Å². The molecule has 0 radical (unpaired) electrons. The Morgan fingerprint density at radius 1 is 1.36 bits per heavy atom. The highest BCUT2D eigenvalue weighted by Gasteiger charge is 2.30. The molecular formula is C18H25Cl2N3O5. The number of nitrogens with zero attached hydrogens (tertiary/aromatic N) is 1. The molecule has 0 aromatic heterocycles. The number of hydroxylamine groups is 2. The van der Waals surface area contributed by atoms with Gasteiger partial charge in [0.15, 0.2) is 12.7 Å². The largest absolute Gasteiger partial charge is 0.491 e. The van der Waals surface area contributed by atoms with E-state index in [9.17, 15) is 9.59 Å². The van der Waals surface area contributed by atoms with E-state index in [1.807, 2.05) is 6.92 Å². The Labute approximate surface area is 174 Å². The van der Waals surface area contributed by atoms with Gasteiger partial charge in [-0.15, -0.1) is 4.99 Å². The molecule has 2 N–H and O–H groups in total. The van der Waals surface area contributed by atoms with Gasteiger partial charge in [-0.25, -0.2) is 4.89 Å². The first-order valence-electron chi connectivity index (χ1n) is 8.51. The number of hydrogen-bond acceptors (Lipinski definition) is 6. The van der Waals surface area contributed by atoms with E-state index in [4.69, 9.17) is 37.8 Å². The van der Waals surface area contributed by atoms with Crippen molar-refractivity contribution in [2.45, 2.75) is 31.9 Å². The molecule has 156 valence electrons. The van der Waals surface area contributed by atoms with Crippen LogP contribution >= 0.6 is 23.2 Å². The van der Waals surface area contributed by atoms with Gasteiger partial charge in [0.25, 0.3) is 11.8 Å². The van der Waals surface area contributed by atoms with Gasteiger partial charge in [-0.3, -0.25) is 9.59 Å². The summed E-state index contributed by atoms with van der Waals surface area (Å²) >= 11 is 11.3. The van der Waals surface area contributed by atoms with Crippen molar-refractivity contribution in [1.82, 2.24) is 15.7 Å². The van der Waals surface area contributed by atoms with Crippen molar-refractivity contribution in [2.24, 2.45) is 0 Å². The van der Waals surface area contributed by atoms with E-state index in [-0.39, 0.29) is 34.5 Å². The van der Waals surface area contributed by atoms with Gasteiger partial charge in [0, 0.05) is 38.2 Å². The molecule has 0 aliphatic carbocycles. The summed E-state index contributed by atoms with van der Waals surface area (Å²) in [5.74, 6) is -0.655. The summed E-state index contributed by atoms with van der Waals surface area (Å²) < 4.78 is 5.05. The topological polar surface area (TPSA) is 89.1 Å². The van der Waals surface area contributed by atoms with Crippen molar-refractivity contribution < 1.29 is 24.2 Å². The standard InChI is InChI=1S/C18H25Cl2N3O5/c1-12(22-18(25)16-10-13(2)23(4)28-27-16)7-8-21-17(24)11-26-9-5-6-15(20)14(3)19/h5-6,9,13,16H,1,3,7-8,10-11H2,2,4H3,(H,21,24)(H,22,25)/b9-5+,15-6+. The van der Waals surface area contributed by atoms with Gasteiger partial charge >= 0.3 is 0 Å². The second kappa shape index (κ2) is 12.6. The first-order chi connectivity index (χ1) is 13.2. The van der Waals surface area contributed by atoms with Crippen LogP contribution in [0.5, 0.6) is 0 Å². The van der Waals surface area contributed by atoms with E-state index in [1.165, 1.54) is 23.5 Å². The molecule has 0 aromatic carbocycles. The number of halogens is 2. The van der Waals surface area contributed by atoms with Crippen LogP contribution in [-0.4, -0.2) is 49.2 Å². The van der Waals surface area contributed by atoms with Crippen LogP contribution < -0.4 is 10.6 Å². The fraction of sp³-hybridized carbons (Fsp3) is 0.444. The number of carbonyl (C=O) groups is 2. The van der Waals surface area contributed by atoms with Crippen molar-refractivity contribution >= 4 is 35.0 Å². The Kier molecular flexibility index (Phi) is 10.9. The molecule has 0 aromatic rings. The molecule has 1 heterocycles. The van der Waals surface area contributed by atoms with Crippen LogP contribution in [0, 0.1) is 0 Å². The highest BCUT2D eigenvalue weighted by Crippen LogP contribution is 2.17. The normalized spacial score (nSPS) is 20.6. The molecular weight excluding hydrogens is 409 g/mol. The average Bonchev–Trinajstić information content (AvgIpc) is 2.63. The van der Waals surface area contributed by atoms with Crippen LogP contribution in [0.1, 0.15) is 19.8 Å². The molecule has 2 amide bonds. The SMILES string of the molecule is C=C(CCNC(=O)CO/C=C/C=C(/Cl)C(=C)Cl)NC(=O)C1CC(C)N(C)OO1. The summed E-state index contributed by atoms with van der Waals surface area (Å²) in [7, 11) is 1.72. The monoisotopic (exact) mass is 433 g/mol. The van der Waals surface area contributed by atoms with Crippen molar-refractivity contribution in [3.63, 3.8) is 0 Å². The first-order valence-corrected chi connectivity index (χ1v) is 9.26. The molecule has 1 aliphatic rings. The average molecular weight is 434 g/mol.